The van der Waals surface area contributed by atoms with Gasteiger partial charge in [-0.25, -0.2) is 0 Å². The molecule has 0 heterocycles. The molecule has 0 amide bonds. The first kappa shape index (κ1) is 5.09. The maximum atomic E-state index is 5.14. The molecule has 0 aliphatic carbocycles. The lowest BCUT2D eigenvalue weighted by Gasteiger charge is -1.76. The second-order valence-electron chi connectivity index (χ2n) is 1.14. The van der Waals surface area contributed by atoms with Gasteiger partial charge in [0.15, 0.2) is 7.41 Å². The Hall–Kier alpha value is 0.0899. The number of hydrogen-bond acceptors (Lipinski definition) is 1. The van der Waals surface area contributed by atoms with Crippen LogP contribution in [0.3, 0.4) is 0 Å². The molecule has 0 saturated carbocycles. The molecule has 0 fully saturated rings. The van der Waals surface area contributed by atoms with Gasteiger partial charge in [-0.05, 0) is 0 Å². The molecule has 3 heteroatoms. The van der Waals surface area contributed by atoms with Crippen molar-refractivity contribution in [3.8, 4) is 0 Å². The van der Waals surface area contributed by atoms with Crippen LogP contribution in [0.25, 0.3) is 0 Å². The lowest BCUT2D eigenvalue weighted by molar-refractivity contribution is 1.42. The Bertz CT molecular complexity index is 15.1. The van der Waals surface area contributed by atoms with Gasteiger partial charge in [0.05, 0.1) is 0 Å². The summed E-state index contributed by atoms with van der Waals surface area (Å²) in [6.45, 7) is 0. The highest BCUT2D eigenvalue weighted by Gasteiger charge is 1.72. The molecule has 0 spiro atoms. The lowest BCUT2D eigenvalue weighted by atomic mass is 9.82. The number of nitrogens with two attached hydrogens (primary N) is 1. The summed E-state index contributed by atoms with van der Waals surface area (Å²) in [5.74, 6) is 0. The summed E-state index contributed by atoms with van der Waals surface area (Å²) >= 11 is 0. The highest BCUT2D eigenvalue weighted by Crippen LogP contribution is 1.74. The summed E-state index contributed by atoms with van der Waals surface area (Å²) in [6.07, 6.45) is 2.39. The maximum absolute atomic E-state index is 5.14. The van der Waals surface area contributed by atoms with Crippen molar-refractivity contribution in [3.05, 3.63) is 0 Å². The van der Waals surface area contributed by atoms with Crippen LogP contribution in [-0.2, 0) is 0 Å². The molecule has 0 aromatic heterocycles. The standard InChI is InChI=1S/C2H9B2N/c3-1-2-4-5/h4H,1-3,5H2. The molecule has 0 bridgehead atoms. The Morgan fingerprint density at radius 1 is 1.80 bits per heavy atom. The van der Waals surface area contributed by atoms with E-state index in [0.29, 0.717) is 0 Å². The van der Waals surface area contributed by atoms with Gasteiger partial charge in [0.25, 0.3) is 0 Å². The Balaban J connectivity index is 2.19. The Morgan fingerprint density at radius 2 is 2.40 bits per heavy atom. The van der Waals surface area contributed by atoms with Gasteiger partial charge in [-0.3, -0.25) is 0 Å². The first-order valence-electron chi connectivity index (χ1n) is 2.12. The molecule has 1 nitrogen and oxygen atoms in total. The van der Waals surface area contributed by atoms with E-state index in [1.165, 1.54) is 12.6 Å². The average molecular weight is 68.7 g/mol. The van der Waals surface area contributed by atoms with Crippen LogP contribution in [0.2, 0.25) is 12.6 Å². The van der Waals surface area contributed by atoms with E-state index in [9.17, 15) is 0 Å². The molecule has 0 aromatic carbocycles. The van der Waals surface area contributed by atoms with Crippen LogP contribution in [-0.4, -0.2) is 15.3 Å². The molecular weight excluding hydrogens is 59.7 g/mol. The van der Waals surface area contributed by atoms with Gasteiger partial charge in [-0.2, -0.15) is 0 Å². The summed E-state index contributed by atoms with van der Waals surface area (Å²) in [5, 5.41) is 0. The fourth-order valence-electron chi connectivity index (χ4n) is 0.204. The minimum atomic E-state index is 0.844. The molecule has 28 valence electrons. The fourth-order valence-corrected chi connectivity index (χ4v) is 0.204. The van der Waals surface area contributed by atoms with Gasteiger partial charge in [-0.1, -0.05) is 12.6 Å². The van der Waals surface area contributed by atoms with E-state index >= 15 is 0 Å². The molecule has 0 aromatic rings. The van der Waals surface area contributed by atoms with Crippen molar-refractivity contribution >= 4 is 15.3 Å². The summed E-state index contributed by atoms with van der Waals surface area (Å²) in [5.41, 5.74) is 5.14. The Labute approximate surface area is 34.6 Å². The summed E-state index contributed by atoms with van der Waals surface area (Å²) in [4.78, 5) is 0. The molecule has 0 atom stereocenters. The zero-order valence-corrected chi connectivity index (χ0v) is 3.70. The second-order valence-corrected chi connectivity index (χ2v) is 1.14. The molecule has 2 N–H and O–H groups in total. The van der Waals surface area contributed by atoms with E-state index in [1.54, 1.807) is 0 Å². The van der Waals surface area contributed by atoms with Gasteiger partial charge in [-0.15, -0.1) is 0 Å². The van der Waals surface area contributed by atoms with Crippen LogP contribution >= 0.6 is 0 Å². The van der Waals surface area contributed by atoms with E-state index in [1.807, 2.05) is 0 Å². The maximum Gasteiger partial charge on any atom is 0.197 e. The molecular formula is C2H9B2N. The van der Waals surface area contributed by atoms with Gasteiger partial charge >= 0.3 is 0 Å². The van der Waals surface area contributed by atoms with Crippen LogP contribution in [0.15, 0.2) is 0 Å². The average Bonchev–Trinajstić information content (AvgIpc) is 1.41. The zero-order valence-electron chi connectivity index (χ0n) is 3.70. The third kappa shape index (κ3) is 4.09. The van der Waals surface area contributed by atoms with Gasteiger partial charge in [0.1, 0.15) is 7.85 Å². The summed E-state index contributed by atoms with van der Waals surface area (Å²) in [6, 6.07) is 0. The van der Waals surface area contributed by atoms with Crippen molar-refractivity contribution in [2.75, 3.05) is 0 Å². The Morgan fingerprint density at radius 3 is 2.40 bits per heavy atom. The monoisotopic (exact) mass is 69.1 g/mol. The van der Waals surface area contributed by atoms with Gasteiger partial charge in [0.2, 0.25) is 0 Å². The summed E-state index contributed by atoms with van der Waals surface area (Å²) in [7, 11) is 2.98. The topological polar surface area (TPSA) is 26.0 Å². The third-order valence-electron chi connectivity index (χ3n) is 0.558. The van der Waals surface area contributed by atoms with Gasteiger partial charge in [0, 0.05) is 0 Å². The van der Waals surface area contributed by atoms with Crippen LogP contribution in [0, 0.1) is 0 Å². The number of hydrogen-bond donors (Lipinski definition) is 1. The molecule has 0 aliphatic heterocycles. The van der Waals surface area contributed by atoms with Crippen molar-refractivity contribution in [2.24, 2.45) is 5.64 Å². The van der Waals surface area contributed by atoms with E-state index in [0.717, 1.165) is 7.41 Å². The van der Waals surface area contributed by atoms with Crippen LogP contribution in [0.1, 0.15) is 0 Å². The van der Waals surface area contributed by atoms with Gasteiger partial charge < -0.3 is 5.64 Å². The third-order valence-corrected chi connectivity index (χ3v) is 0.558. The van der Waals surface area contributed by atoms with Crippen molar-refractivity contribution < 1.29 is 0 Å². The van der Waals surface area contributed by atoms with Crippen LogP contribution < -0.4 is 5.64 Å². The first-order valence-corrected chi connectivity index (χ1v) is 2.12. The van der Waals surface area contributed by atoms with Crippen molar-refractivity contribution in [3.63, 3.8) is 0 Å². The fraction of sp³-hybridized carbons (Fsp3) is 1.00. The minimum Gasteiger partial charge on any atom is -0.373 e. The molecule has 0 saturated heterocycles. The van der Waals surface area contributed by atoms with Crippen LogP contribution in [0.4, 0.5) is 0 Å². The smallest absolute Gasteiger partial charge is 0.197 e. The number of rotatable bonds is 2. The van der Waals surface area contributed by atoms with E-state index in [4.69, 9.17) is 5.64 Å². The highest BCUT2D eigenvalue weighted by molar-refractivity contribution is 6.32. The quantitative estimate of drug-likeness (QED) is 0.403. The SMILES string of the molecule is BCCBN. The minimum absolute atomic E-state index is 0.844. The normalized spacial score (nSPS) is 7.40. The molecule has 0 rings (SSSR count). The van der Waals surface area contributed by atoms with Crippen molar-refractivity contribution in [1.29, 1.82) is 0 Å². The zero-order chi connectivity index (χ0) is 4.12. The van der Waals surface area contributed by atoms with E-state index in [-0.39, 0.29) is 0 Å². The highest BCUT2D eigenvalue weighted by atomic mass is 14.3. The molecule has 0 unspecified atom stereocenters. The molecule has 5 heavy (non-hydrogen) atoms. The van der Waals surface area contributed by atoms with Crippen molar-refractivity contribution in [2.45, 2.75) is 12.6 Å². The predicted octanol–water partition coefficient (Wildman–Crippen LogP) is -1.23. The Kier molecular flexibility index (Phi) is 4.16. The largest absolute Gasteiger partial charge is 0.373 e. The first-order chi connectivity index (χ1) is 2.41. The van der Waals surface area contributed by atoms with E-state index < -0.39 is 0 Å². The second kappa shape index (κ2) is 4.09. The summed E-state index contributed by atoms with van der Waals surface area (Å²) < 4.78 is 0. The van der Waals surface area contributed by atoms with Crippen LogP contribution in [0.5, 0.6) is 0 Å². The van der Waals surface area contributed by atoms with Crippen molar-refractivity contribution in [1.82, 2.24) is 0 Å². The lowest BCUT2D eigenvalue weighted by Crippen LogP contribution is -2.01. The van der Waals surface area contributed by atoms with E-state index in [2.05, 4.69) is 7.85 Å². The molecule has 0 aliphatic rings. The molecule has 0 radical (unpaired) electrons. The predicted molar refractivity (Wildman–Crippen MR) is 29.5 cm³/mol.